The zero-order valence-electron chi connectivity index (χ0n) is 17.3. The summed E-state index contributed by atoms with van der Waals surface area (Å²) in [6, 6.07) is 7.04. The smallest absolute Gasteiger partial charge is 0.328 e. The van der Waals surface area contributed by atoms with E-state index in [1.165, 1.54) is 4.57 Å². The molecule has 4 rings (SSSR count). The molecule has 8 nitrogen and oxygen atoms in total. The Hall–Kier alpha value is -2.90. The number of aromatic amines is 1. The van der Waals surface area contributed by atoms with E-state index < -0.39 is 0 Å². The van der Waals surface area contributed by atoms with E-state index in [0.717, 1.165) is 25.7 Å². The van der Waals surface area contributed by atoms with E-state index >= 15 is 0 Å². The molecule has 0 bridgehead atoms. The van der Waals surface area contributed by atoms with E-state index in [2.05, 4.69) is 4.98 Å². The first-order chi connectivity index (χ1) is 14.4. The van der Waals surface area contributed by atoms with Crippen molar-refractivity contribution in [2.24, 2.45) is 11.8 Å². The van der Waals surface area contributed by atoms with Gasteiger partial charge in [0.05, 0.1) is 10.9 Å². The minimum Gasteiger partial charge on any atom is -0.339 e. The summed E-state index contributed by atoms with van der Waals surface area (Å²) in [6.07, 6.45) is 3.19. The lowest BCUT2D eigenvalue weighted by molar-refractivity contribution is -0.142. The molecule has 30 heavy (non-hydrogen) atoms. The highest BCUT2D eigenvalue weighted by molar-refractivity contribution is 5.80. The lowest BCUT2D eigenvalue weighted by Crippen LogP contribution is -2.51. The molecule has 2 amide bonds. The molecule has 2 aromatic rings. The molecule has 1 saturated carbocycles. The number of rotatable bonds is 3. The van der Waals surface area contributed by atoms with Gasteiger partial charge >= 0.3 is 5.69 Å². The maximum Gasteiger partial charge on any atom is 0.328 e. The van der Waals surface area contributed by atoms with Crippen molar-refractivity contribution in [1.82, 2.24) is 19.4 Å². The summed E-state index contributed by atoms with van der Waals surface area (Å²) < 4.78 is 1.30. The van der Waals surface area contributed by atoms with Crippen LogP contribution < -0.4 is 11.2 Å². The van der Waals surface area contributed by atoms with E-state index in [0.29, 0.717) is 43.6 Å². The molecule has 160 valence electrons. The molecule has 2 heterocycles. The summed E-state index contributed by atoms with van der Waals surface area (Å²) in [6.45, 7) is 4.34. The number of aromatic nitrogens is 2. The van der Waals surface area contributed by atoms with Gasteiger partial charge in [-0.25, -0.2) is 4.79 Å². The highest BCUT2D eigenvalue weighted by Gasteiger charge is 2.31. The molecule has 0 unspecified atom stereocenters. The third kappa shape index (κ3) is 4.04. The Kier molecular flexibility index (Phi) is 5.74. The molecule has 1 N–H and O–H groups in total. The Morgan fingerprint density at radius 2 is 1.60 bits per heavy atom. The van der Waals surface area contributed by atoms with Gasteiger partial charge in [-0.15, -0.1) is 0 Å². The number of para-hydroxylation sites is 1. The standard InChI is InChI=1S/C22H28N4O4/c1-15(27)24-10-12-25(13-11-24)20(28)17-8-6-16(7-9-17)14-26-21(29)18-4-2-3-5-19(18)23-22(26)30/h2-5,16-17H,6-14H2,1H3,(H,23,30)/t16-,17-. The number of carbonyl (C=O) groups is 2. The molecule has 1 aliphatic carbocycles. The molecular formula is C22H28N4O4. The van der Waals surface area contributed by atoms with Crippen molar-refractivity contribution in [3.63, 3.8) is 0 Å². The molecule has 1 saturated heterocycles. The Labute approximate surface area is 174 Å². The van der Waals surface area contributed by atoms with Crippen LogP contribution in [0.5, 0.6) is 0 Å². The van der Waals surface area contributed by atoms with Crippen LogP contribution >= 0.6 is 0 Å². The number of amides is 2. The highest BCUT2D eigenvalue weighted by Crippen LogP contribution is 2.31. The van der Waals surface area contributed by atoms with Crippen molar-refractivity contribution in [3.8, 4) is 0 Å². The highest BCUT2D eigenvalue weighted by atomic mass is 16.2. The van der Waals surface area contributed by atoms with Gasteiger partial charge in [-0.2, -0.15) is 0 Å². The van der Waals surface area contributed by atoms with Crippen LogP contribution in [0.4, 0.5) is 0 Å². The SMILES string of the molecule is CC(=O)N1CCN(C(=O)[C@H]2CC[C@H](Cn3c(=O)[nH]c4ccccc4c3=O)CC2)CC1. The van der Waals surface area contributed by atoms with Crippen LogP contribution in [0.1, 0.15) is 32.6 Å². The van der Waals surface area contributed by atoms with Crippen molar-refractivity contribution < 1.29 is 9.59 Å². The van der Waals surface area contributed by atoms with Crippen molar-refractivity contribution >= 4 is 22.7 Å². The first-order valence-electron chi connectivity index (χ1n) is 10.7. The van der Waals surface area contributed by atoms with Gasteiger partial charge in [0.2, 0.25) is 11.8 Å². The number of H-pyrrole nitrogens is 1. The number of hydrogen-bond donors (Lipinski definition) is 1. The molecule has 0 spiro atoms. The first-order valence-corrected chi connectivity index (χ1v) is 10.7. The van der Waals surface area contributed by atoms with Crippen LogP contribution in [0.3, 0.4) is 0 Å². The molecule has 0 radical (unpaired) electrons. The second-order valence-electron chi connectivity index (χ2n) is 8.44. The summed E-state index contributed by atoms with van der Waals surface area (Å²) in [5, 5.41) is 0.519. The Morgan fingerprint density at radius 3 is 2.27 bits per heavy atom. The van der Waals surface area contributed by atoms with E-state index in [1.54, 1.807) is 36.1 Å². The number of benzene rings is 1. The second kappa shape index (κ2) is 8.45. The average molecular weight is 412 g/mol. The molecule has 1 aromatic heterocycles. The van der Waals surface area contributed by atoms with Gasteiger partial charge in [0.15, 0.2) is 0 Å². The van der Waals surface area contributed by atoms with E-state index in [-0.39, 0.29) is 34.9 Å². The predicted molar refractivity (Wildman–Crippen MR) is 113 cm³/mol. The fourth-order valence-corrected chi connectivity index (χ4v) is 4.71. The van der Waals surface area contributed by atoms with Gasteiger partial charge in [0.1, 0.15) is 0 Å². The van der Waals surface area contributed by atoms with Gasteiger partial charge in [-0.3, -0.25) is 19.0 Å². The number of nitrogens with one attached hydrogen (secondary N) is 1. The molecular weight excluding hydrogens is 384 g/mol. The average Bonchev–Trinajstić information content (AvgIpc) is 2.76. The fourth-order valence-electron chi connectivity index (χ4n) is 4.71. The quantitative estimate of drug-likeness (QED) is 0.819. The monoisotopic (exact) mass is 412 g/mol. The minimum atomic E-state index is -0.375. The summed E-state index contributed by atoms with van der Waals surface area (Å²) in [5.41, 5.74) is -0.0703. The molecule has 2 aliphatic rings. The maximum absolute atomic E-state index is 12.9. The Balaban J connectivity index is 1.36. The summed E-state index contributed by atoms with van der Waals surface area (Å²) >= 11 is 0. The first kappa shape index (κ1) is 20.4. The number of carbonyl (C=O) groups excluding carboxylic acids is 2. The van der Waals surface area contributed by atoms with Crippen molar-refractivity contribution in [2.75, 3.05) is 26.2 Å². The van der Waals surface area contributed by atoms with E-state index in [9.17, 15) is 19.2 Å². The van der Waals surface area contributed by atoms with Crippen LogP contribution in [-0.4, -0.2) is 57.3 Å². The number of hydrogen-bond acceptors (Lipinski definition) is 4. The molecule has 0 atom stereocenters. The van der Waals surface area contributed by atoms with Crippen molar-refractivity contribution in [2.45, 2.75) is 39.2 Å². The van der Waals surface area contributed by atoms with Gasteiger partial charge in [0, 0.05) is 45.6 Å². The zero-order valence-corrected chi connectivity index (χ0v) is 17.3. The van der Waals surface area contributed by atoms with Gasteiger partial charge in [-0.05, 0) is 43.7 Å². The topological polar surface area (TPSA) is 95.5 Å². The summed E-state index contributed by atoms with van der Waals surface area (Å²) in [7, 11) is 0. The molecule has 8 heteroatoms. The molecule has 2 fully saturated rings. The van der Waals surface area contributed by atoms with Crippen LogP contribution in [0.25, 0.3) is 10.9 Å². The van der Waals surface area contributed by atoms with Crippen molar-refractivity contribution in [1.29, 1.82) is 0 Å². The van der Waals surface area contributed by atoms with E-state index in [4.69, 9.17) is 0 Å². The second-order valence-corrected chi connectivity index (χ2v) is 8.44. The Morgan fingerprint density at radius 1 is 0.967 bits per heavy atom. The number of nitrogens with zero attached hydrogens (tertiary/aromatic N) is 3. The molecule has 1 aromatic carbocycles. The maximum atomic E-state index is 12.9. The van der Waals surface area contributed by atoms with Crippen LogP contribution in [-0.2, 0) is 16.1 Å². The largest absolute Gasteiger partial charge is 0.339 e. The van der Waals surface area contributed by atoms with Gasteiger partial charge in [0.25, 0.3) is 5.56 Å². The normalized spacial score (nSPS) is 22.3. The summed E-state index contributed by atoms with van der Waals surface area (Å²) in [5.74, 6) is 0.444. The van der Waals surface area contributed by atoms with Gasteiger partial charge < -0.3 is 14.8 Å². The lowest BCUT2D eigenvalue weighted by Gasteiger charge is -2.37. The van der Waals surface area contributed by atoms with Crippen LogP contribution in [0.15, 0.2) is 33.9 Å². The lowest BCUT2D eigenvalue weighted by atomic mass is 9.81. The van der Waals surface area contributed by atoms with Gasteiger partial charge in [-0.1, -0.05) is 12.1 Å². The fraction of sp³-hybridized carbons (Fsp3) is 0.545. The van der Waals surface area contributed by atoms with Crippen molar-refractivity contribution in [3.05, 3.63) is 45.1 Å². The third-order valence-corrected chi connectivity index (χ3v) is 6.56. The van der Waals surface area contributed by atoms with Crippen LogP contribution in [0, 0.1) is 11.8 Å². The zero-order chi connectivity index (χ0) is 21.3. The van der Waals surface area contributed by atoms with Crippen LogP contribution in [0.2, 0.25) is 0 Å². The minimum absolute atomic E-state index is 0.00302. The van der Waals surface area contributed by atoms with E-state index in [1.807, 2.05) is 4.90 Å². The molecule has 1 aliphatic heterocycles. The Bertz CT molecular complexity index is 1060. The number of fused-ring (bicyclic) bond motifs is 1. The summed E-state index contributed by atoms with van der Waals surface area (Å²) in [4.78, 5) is 55.9. The third-order valence-electron chi connectivity index (χ3n) is 6.56. The number of piperazine rings is 1. The predicted octanol–water partition coefficient (Wildman–Crippen LogP) is 1.19.